The van der Waals surface area contributed by atoms with E-state index in [2.05, 4.69) is 20.6 Å². The number of hydrogen-bond acceptors (Lipinski definition) is 5. The fraction of sp³-hybridized carbons (Fsp3) is 0.294. The number of rotatable bonds is 6. The molecular formula is C17H17N5OS. The lowest BCUT2D eigenvalue weighted by atomic mass is 10.1. The van der Waals surface area contributed by atoms with Crippen LogP contribution in [0.1, 0.15) is 41.1 Å². The van der Waals surface area contributed by atoms with Crippen LogP contribution in [-0.4, -0.2) is 25.9 Å². The van der Waals surface area contributed by atoms with Gasteiger partial charge in [0.2, 0.25) is 5.91 Å². The van der Waals surface area contributed by atoms with Gasteiger partial charge in [-0.25, -0.2) is 9.67 Å². The van der Waals surface area contributed by atoms with Gasteiger partial charge in [-0.2, -0.15) is 0 Å². The van der Waals surface area contributed by atoms with Gasteiger partial charge in [-0.1, -0.05) is 35.5 Å². The fourth-order valence-corrected chi connectivity index (χ4v) is 3.33. The first-order valence-corrected chi connectivity index (χ1v) is 8.81. The minimum Gasteiger partial charge on any atom is -0.341 e. The first kappa shape index (κ1) is 15.0. The van der Waals surface area contributed by atoms with E-state index >= 15 is 0 Å². The van der Waals surface area contributed by atoms with Crippen molar-refractivity contribution in [3.8, 4) is 0 Å². The zero-order valence-electron chi connectivity index (χ0n) is 13.0. The molecule has 1 atom stereocenters. The van der Waals surface area contributed by atoms with E-state index in [0.717, 1.165) is 16.3 Å². The molecule has 122 valence electrons. The van der Waals surface area contributed by atoms with E-state index in [-0.39, 0.29) is 18.5 Å². The molecular weight excluding hydrogens is 322 g/mol. The molecule has 4 rings (SSSR count). The number of carbonyl (C=O) groups excluding carboxylic acids is 1. The van der Waals surface area contributed by atoms with E-state index < -0.39 is 0 Å². The van der Waals surface area contributed by atoms with Gasteiger partial charge in [0.1, 0.15) is 17.6 Å². The van der Waals surface area contributed by atoms with Crippen molar-refractivity contribution in [2.45, 2.75) is 31.3 Å². The van der Waals surface area contributed by atoms with Crippen LogP contribution < -0.4 is 5.32 Å². The van der Waals surface area contributed by atoms with E-state index in [9.17, 15) is 4.79 Å². The largest absolute Gasteiger partial charge is 0.341 e. The molecule has 0 aliphatic heterocycles. The second-order valence-electron chi connectivity index (χ2n) is 5.90. The molecule has 1 aliphatic carbocycles. The van der Waals surface area contributed by atoms with Crippen LogP contribution in [0.5, 0.6) is 0 Å². The average molecular weight is 339 g/mol. The maximum Gasteiger partial charge on any atom is 0.242 e. The molecule has 1 saturated carbocycles. The van der Waals surface area contributed by atoms with Crippen LogP contribution in [0, 0.1) is 0 Å². The zero-order valence-corrected chi connectivity index (χ0v) is 13.8. The summed E-state index contributed by atoms with van der Waals surface area (Å²) in [6, 6.07) is 9.62. The van der Waals surface area contributed by atoms with Crippen LogP contribution >= 0.6 is 11.3 Å². The summed E-state index contributed by atoms with van der Waals surface area (Å²) in [5.74, 6) is 0.431. The van der Waals surface area contributed by atoms with Crippen molar-refractivity contribution in [3.05, 3.63) is 64.4 Å². The van der Waals surface area contributed by atoms with Gasteiger partial charge in [0.05, 0.1) is 5.69 Å². The molecule has 2 heterocycles. The van der Waals surface area contributed by atoms with Crippen LogP contribution in [0.3, 0.4) is 0 Å². The lowest BCUT2D eigenvalue weighted by molar-refractivity contribution is -0.122. The average Bonchev–Trinajstić information content (AvgIpc) is 3.11. The highest BCUT2D eigenvalue weighted by Gasteiger charge is 2.27. The smallest absolute Gasteiger partial charge is 0.242 e. The van der Waals surface area contributed by atoms with Crippen molar-refractivity contribution in [3.63, 3.8) is 0 Å². The monoisotopic (exact) mass is 339 g/mol. The summed E-state index contributed by atoms with van der Waals surface area (Å²) >= 11 is 1.53. The van der Waals surface area contributed by atoms with E-state index in [1.807, 2.05) is 41.9 Å². The Kier molecular flexibility index (Phi) is 4.08. The fourth-order valence-electron chi connectivity index (χ4n) is 2.62. The molecule has 0 bridgehead atoms. The minimum atomic E-state index is -0.245. The second-order valence-corrected chi connectivity index (χ2v) is 6.82. The molecule has 1 unspecified atom stereocenters. The Morgan fingerprint density at radius 3 is 2.88 bits per heavy atom. The predicted octanol–water partition coefficient (Wildman–Crippen LogP) is 2.52. The maximum absolute atomic E-state index is 12.5. The highest BCUT2D eigenvalue weighted by molar-refractivity contribution is 7.09. The highest BCUT2D eigenvalue weighted by atomic mass is 32.1. The van der Waals surface area contributed by atoms with Crippen molar-refractivity contribution in [1.29, 1.82) is 0 Å². The topological polar surface area (TPSA) is 72.7 Å². The van der Waals surface area contributed by atoms with E-state index in [4.69, 9.17) is 0 Å². The third-order valence-corrected chi connectivity index (χ3v) is 4.83. The first-order valence-electron chi connectivity index (χ1n) is 7.93. The lowest BCUT2D eigenvalue weighted by Gasteiger charge is -2.17. The summed E-state index contributed by atoms with van der Waals surface area (Å²) in [6.45, 7) is 0.161. The van der Waals surface area contributed by atoms with Gasteiger partial charge >= 0.3 is 0 Å². The molecule has 1 aliphatic rings. The van der Waals surface area contributed by atoms with E-state index in [0.29, 0.717) is 5.92 Å². The lowest BCUT2D eigenvalue weighted by Crippen LogP contribution is -2.32. The Morgan fingerprint density at radius 2 is 2.17 bits per heavy atom. The molecule has 0 saturated heterocycles. The van der Waals surface area contributed by atoms with Crippen LogP contribution in [0.4, 0.5) is 0 Å². The summed E-state index contributed by atoms with van der Waals surface area (Å²) in [5, 5.41) is 14.0. The summed E-state index contributed by atoms with van der Waals surface area (Å²) in [4.78, 5) is 16.8. The first-order chi connectivity index (χ1) is 11.8. The summed E-state index contributed by atoms with van der Waals surface area (Å²) in [7, 11) is 0. The van der Waals surface area contributed by atoms with Crippen molar-refractivity contribution in [2.75, 3.05) is 0 Å². The van der Waals surface area contributed by atoms with Crippen molar-refractivity contribution in [2.24, 2.45) is 0 Å². The summed E-state index contributed by atoms with van der Waals surface area (Å²) in [5.41, 5.74) is 2.00. The quantitative estimate of drug-likeness (QED) is 0.749. The molecule has 0 spiro atoms. The Morgan fingerprint density at radius 1 is 1.33 bits per heavy atom. The Balaban J connectivity index is 1.48. The number of carbonyl (C=O) groups is 1. The normalized spacial score (nSPS) is 15.2. The number of nitrogens with zero attached hydrogens (tertiary/aromatic N) is 4. The molecule has 6 nitrogen and oxygen atoms in total. The number of benzene rings is 1. The number of hydrogen-bond donors (Lipinski definition) is 1. The zero-order chi connectivity index (χ0) is 16.4. The van der Waals surface area contributed by atoms with Crippen molar-refractivity contribution in [1.82, 2.24) is 25.3 Å². The minimum absolute atomic E-state index is 0.105. The third kappa shape index (κ3) is 3.35. The second kappa shape index (κ2) is 6.52. The van der Waals surface area contributed by atoms with Crippen LogP contribution in [-0.2, 0) is 11.3 Å². The molecule has 0 radical (unpaired) electrons. The van der Waals surface area contributed by atoms with E-state index in [1.54, 1.807) is 10.9 Å². The van der Waals surface area contributed by atoms with Gasteiger partial charge in [0, 0.05) is 23.7 Å². The van der Waals surface area contributed by atoms with Crippen LogP contribution in [0.15, 0.2) is 48.1 Å². The standard InChI is InChI=1S/C17H17N5OS/c23-15(11-22-10-14(20-21-22)12-6-7-12)19-16(17-18-8-9-24-17)13-4-2-1-3-5-13/h1-5,8-10,12,16H,6-7,11H2,(H,19,23). The Bertz CT molecular complexity index is 811. The Hall–Kier alpha value is -2.54. The van der Waals surface area contributed by atoms with Crippen LogP contribution in [0.2, 0.25) is 0 Å². The van der Waals surface area contributed by atoms with Gasteiger partial charge < -0.3 is 5.32 Å². The predicted molar refractivity (Wildman–Crippen MR) is 90.5 cm³/mol. The van der Waals surface area contributed by atoms with Gasteiger partial charge in [0.25, 0.3) is 0 Å². The molecule has 7 heteroatoms. The molecule has 3 aromatic rings. The highest BCUT2D eigenvalue weighted by Crippen LogP contribution is 2.38. The van der Waals surface area contributed by atoms with Gasteiger partial charge in [-0.05, 0) is 18.4 Å². The molecule has 1 amide bonds. The molecule has 1 fully saturated rings. The van der Waals surface area contributed by atoms with Crippen molar-refractivity contribution >= 4 is 17.2 Å². The van der Waals surface area contributed by atoms with Crippen molar-refractivity contribution < 1.29 is 4.79 Å². The third-order valence-electron chi connectivity index (χ3n) is 3.99. The van der Waals surface area contributed by atoms with Crippen LogP contribution in [0.25, 0.3) is 0 Å². The number of amides is 1. The number of aromatic nitrogens is 4. The van der Waals surface area contributed by atoms with E-state index in [1.165, 1.54) is 24.2 Å². The summed E-state index contributed by atoms with van der Waals surface area (Å²) < 4.78 is 1.60. The molecule has 1 aromatic carbocycles. The number of thiazole rings is 1. The molecule has 24 heavy (non-hydrogen) atoms. The van der Waals surface area contributed by atoms with Gasteiger partial charge in [-0.3, -0.25) is 4.79 Å². The van der Waals surface area contributed by atoms with Gasteiger partial charge in [-0.15, -0.1) is 16.4 Å². The Labute approximate surface area is 143 Å². The molecule has 2 aromatic heterocycles. The summed E-state index contributed by atoms with van der Waals surface area (Å²) in [6.07, 6.45) is 5.97. The SMILES string of the molecule is O=C(Cn1cc(C2CC2)nn1)NC(c1ccccc1)c1nccs1. The maximum atomic E-state index is 12.5. The molecule has 1 N–H and O–H groups in total. The number of nitrogens with one attached hydrogen (secondary N) is 1. The van der Waals surface area contributed by atoms with Gasteiger partial charge in [0.15, 0.2) is 0 Å².